The molecule has 6 nitrogen and oxygen atoms in total. The van der Waals surface area contributed by atoms with E-state index in [0.717, 1.165) is 11.1 Å². The fourth-order valence-corrected chi connectivity index (χ4v) is 5.70. The minimum atomic E-state index is -0.839. The van der Waals surface area contributed by atoms with E-state index in [-0.39, 0.29) is 30.1 Å². The maximum atomic E-state index is 12.9. The van der Waals surface area contributed by atoms with Crippen molar-refractivity contribution in [3.63, 3.8) is 0 Å². The third kappa shape index (κ3) is 5.50. The number of benzene rings is 3. The third-order valence-electron chi connectivity index (χ3n) is 7.55. The van der Waals surface area contributed by atoms with Crippen LogP contribution >= 0.6 is 0 Å². The number of hydrogen-bond donors (Lipinski definition) is 1. The molecular weight excluding hydrogens is 466 g/mol. The first-order valence-corrected chi connectivity index (χ1v) is 12.7. The molecule has 3 aromatic carbocycles. The van der Waals surface area contributed by atoms with Gasteiger partial charge in [0.1, 0.15) is 12.2 Å². The molecule has 2 aliphatic heterocycles. The van der Waals surface area contributed by atoms with Gasteiger partial charge in [-0.2, -0.15) is 0 Å². The molecule has 2 bridgehead atoms. The second-order valence-electron chi connectivity index (χ2n) is 9.73. The fraction of sp³-hybridized carbons (Fsp3) is 0.290. The second-order valence-corrected chi connectivity index (χ2v) is 9.73. The molecule has 0 aromatic heterocycles. The van der Waals surface area contributed by atoms with Gasteiger partial charge in [0.15, 0.2) is 0 Å². The number of nitrogens with zero attached hydrogens (tertiary/aromatic N) is 1. The molecule has 2 aliphatic rings. The van der Waals surface area contributed by atoms with Crippen molar-refractivity contribution < 1.29 is 24.2 Å². The molecule has 0 amide bonds. The Morgan fingerprint density at radius 1 is 0.838 bits per heavy atom. The summed E-state index contributed by atoms with van der Waals surface area (Å²) >= 11 is 0. The normalized spacial score (nSPS) is 26.1. The van der Waals surface area contributed by atoms with Gasteiger partial charge in [-0.1, -0.05) is 78.9 Å². The molecule has 6 heteroatoms. The molecule has 0 spiro atoms. The predicted octanol–water partition coefficient (Wildman–Crippen LogP) is 4.66. The Hall–Kier alpha value is -3.74. The average Bonchev–Trinajstić information content (AvgIpc) is 3.13. The first-order valence-electron chi connectivity index (χ1n) is 12.7. The molecule has 5 rings (SSSR count). The number of hydrogen-bond acceptors (Lipinski definition) is 6. The van der Waals surface area contributed by atoms with Crippen LogP contribution in [0.1, 0.15) is 40.4 Å². The Morgan fingerprint density at radius 2 is 1.43 bits per heavy atom. The van der Waals surface area contributed by atoms with E-state index in [1.165, 1.54) is 6.08 Å². The topological polar surface area (TPSA) is 76.1 Å². The van der Waals surface area contributed by atoms with Gasteiger partial charge >= 0.3 is 11.9 Å². The number of carbonyl (C=O) groups is 2. The van der Waals surface area contributed by atoms with Crippen molar-refractivity contribution in [1.29, 1.82) is 0 Å². The summed E-state index contributed by atoms with van der Waals surface area (Å²) in [6.45, 7) is 0. The quantitative estimate of drug-likeness (QED) is 0.378. The third-order valence-corrected chi connectivity index (χ3v) is 7.55. The van der Waals surface area contributed by atoms with Crippen LogP contribution in [0.15, 0.2) is 97.1 Å². The predicted molar refractivity (Wildman–Crippen MR) is 140 cm³/mol. The maximum Gasteiger partial charge on any atom is 0.338 e. The van der Waals surface area contributed by atoms with Gasteiger partial charge in [0, 0.05) is 30.9 Å². The van der Waals surface area contributed by atoms with Crippen molar-refractivity contribution in [2.45, 2.75) is 43.2 Å². The molecule has 0 aliphatic carbocycles. The highest BCUT2D eigenvalue weighted by Gasteiger charge is 2.55. The van der Waals surface area contributed by atoms with Crippen LogP contribution in [0.2, 0.25) is 0 Å². The van der Waals surface area contributed by atoms with Gasteiger partial charge in [-0.25, -0.2) is 9.59 Å². The number of ether oxygens (including phenoxy) is 2. The Balaban J connectivity index is 1.37. The van der Waals surface area contributed by atoms with Crippen LogP contribution in [0.25, 0.3) is 6.08 Å². The number of likely N-dealkylation sites (N-methyl/N-ethyl adjacent to an activating group) is 1. The number of carbonyl (C=O) groups excluding carboxylic acids is 2. The SMILES string of the molecule is CN1[C@H]2C[C@H](OC(=O)c3ccccc3)[C@@H]1C[C@@H](OC(=O)/C=C\c1ccccc1)[C@@H]2[C@H](O)c1ccccc1. The highest BCUT2D eigenvalue weighted by atomic mass is 16.6. The van der Waals surface area contributed by atoms with Crippen LogP contribution in [0.4, 0.5) is 0 Å². The Labute approximate surface area is 217 Å². The molecule has 2 heterocycles. The Bertz CT molecular complexity index is 1230. The first kappa shape index (κ1) is 24.9. The van der Waals surface area contributed by atoms with Crippen molar-refractivity contribution in [3.8, 4) is 0 Å². The first-order chi connectivity index (χ1) is 18.0. The van der Waals surface area contributed by atoms with Gasteiger partial charge in [0.05, 0.1) is 17.7 Å². The molecule has 2 saturated heterocycles. The number of aliphatic hydroxyl groups is 1. The van der Waals surface area contributed by atoms with Gasteiger partial charge in [0.2, 0.25) is 0 Å². The minimum Gasteiger partial charge on any atom is -0.459 e. The van der Waals surface area contributed by atoms with E-state index >= 15 is 0 Å². The minimum absolute atomic E-state index is 0.118. The molecule has 190 valence electrons. The molecule has 37 heavy (non-hydrogen) atoms. The van der Waals surface area contributed by atoms with Crippen molar-refractivity contribution in [3.05, 3.63) is 114 Å². The molecule has 3 aromatic rings. The number of aliphatic hydroxyl groups excluding tert-OH is 1. The summed E-state index contributed by atoms with van der Waals surface area (Å²) in [6.07, 6.45) is 2.43. The largest absolute Gasteiger partial charge is 0.459 e. The Morgan fingerprint density at radius 3 is 2.11 bits per heavy atom. The van der Waals surface area contributed by atoms with Crippen LogP contribution in [-0.2, 0) is 14.3 Å². The van der Waals surface area contributed by atoms with E-state index in [4.69, 9.17) is 9.47 Å². The zero-order valence-electron chi connectivity index (χ0n) is 20.7. The standard InChI is InChI=1S/C31H31NO5/c1-32-24-19-27(36-28(33)18-17-21-11-5-2-6-12-21)29(30(34)22-13-7-3-8-14-22)25(32)20-26(24)37-31(35)23-15-9-4-10-16-23/h2-18,24-27,29-30,34H,19-20H2,1H3/b18-17-/t24-,25-,26-,27+,29+,30+/m0/s1. The van der Waals surface area contributed by atoms with Crippen LogP contribution in [0.5, 0.6) is 0 Å². The van der Waals surface area contributed by atoms with Crippen LogP contribution in [0.3, 0.4) is 0 Å². The van der Waals surface area contributed by atoms with Crippen molar-refractivity contribution >= 4 is 18.0 Å². The Kier molecular flexibility index (Phi) is 7.49. The summed E-state index contributed by atoms with van der Waals surface area (Å²) in [4.78, 5) is 27.9. The fourth-order valence-electron chi connectivity index (χ4n) is 5.70. The van der Waals surface area contributed by atoms with Crippen molar-refractivity contribution in [1.82, 2.24) is 4.90 Å². The van der Waals surface area contributed by atoms with E-state index in [1.54, 1.807) is 30.3 Å². The summed E-state index contributed by atoms with van der Waals surface area (Å²) in [6, 6.07) is 27.7. The lowest BCUT2D eigenvalue weighted by atomic mass is 9.80. The lowest BCUT2D eigenvalue weighted by Crippen LogP contribution is -2.53. The van der Waals surface area contributed by atoms with Crippen molar-refractivity contribution in [2.75, 3.05) is 7.05 Å². The lowest BCUT2D eigenvalue weighted by Gasteiger charge is -2.44. The van der Waals surface area contributed by atoms with Crippen LogP contribution in [-0.4, -0.2) is 53.3 Å². The lowest BCUT2D eigenvalue weighted by molar-refractivity contribution is -0.157. The van der Waals surface area contributed by atoms with Gasteiger partial charge in [-0.05, 0) is 36.4 Å². The van der Waals surface area contributed by atoms with Gasteiger partial charge in [-0.15, -0.1) is 0 Å². The maximum absolute atomic E-state index is 12.9. The number of esters is 2. The summed E-state index contributed by atoms with van der Waals surface area (Å²) in [5.41, 5.74) is 2.17. The van der Waals surface area contributed by atoms with Crippen LogP contribution < -0.4 is 0 Å². The summed E-state index contributed by atoms with van der Waals surface area (Å²) < 4.78 is 11.9. The van der Waals surface area contributed by atoms with E-state index in [2.05, 4.69) is 4.90 Å². The van der Waals surface area contributed by atoms with E-state index in [1.807, 2.05) is 73.8 Å². The number of rotatable bonds is 7. The molecule has 0 radical (unpaired) electrons. The summed E-state index contributed by atoms with van der Waals surface area (Å²) in [5, 5.41) is 11.5. The highest BCUT2D eigenvalue weighted by Crippen LogP contribution is 2.46. The monoisotopic (exact) mass is 497 g/mol. The smallest absolute Gasteiger partial charge is 0.338 e. The van der Waals surface area contributed by atoms with Gasteiger partial charge in [0.25, 0.3) is 0 Å². The molecule has 2 fully saturated rings. The number of fused-ring (bicyclic) bond motifs is 2. The zero-order chi connectivity index (χ0) is 25.8. The van der Waals surface area contributed by atoms with Crippen LogP contribution in [0, 0.1) is 5.92 Å². The van der Waals surface area contributed by atoms with E-state index in [0.29, 0.717) is 18.4 Å². The summed E-state index contributed by atoms with van der Waals surface area (Å²) in [7, 11) is 1.99. The van der Waals surface area contributed by atoms with Crippen molar-refractivity contribution in [2.24, 2.45) is 5.92 Å². The number of piperidine rings is 1. The molecule has 1 N–H and O–H groups in total. The summed E-state index contributed by atoms with van der Waals surface area (Å²) in [5.74, 6) is -1.20. The molecule has 6 atom stereocenters. The second kappa shape index (κ2) is 11.1. The van der Waals surface area contributed by atoms with Gasteiger partial charge < -0.3 is 14.6 Å². The average molecular weight is 498 g/mol. The molecule has 0 unspecified atom stereocenters. The highest BCUT2D eigenvalue weighted by molar-refractivity contribution is 5.89. The molecule has 0 saturated carbocycles. The van der Waals surface area contributed by atoms with Gasteiger partial charge in [-0.3, -0.25) is 4.90 Å². The zero-order valence-corrected chi connectivity index (χ0v) is 20.7. The van der Waals surface area contributed by atoms with E-state index in [9.17, 15) is 14.7 Å². The van der Waals surface area contributed by atoms with E-state index < -0.39 is 18.2 Å². The molecular formula is C31H31NO5.